The van der Waals surface area contributed by atoms with Gasteiger partial charge in [0.25, 0.3) is 5.91 Å². The zero-order valence-electron chi connectivity index (χ0n) is 13.1. The smallest absolute Gasteiger partial charge is 0.378 e. The molecule has 24 heavy (non-hydrogen) atoms. The minimum absolute atomic E-state index is 0.0329. The van der Waals surface area contributed by atoms with Crippen molar-refractivity contribution < 1.29 is 22.7 Å². The molecule has 0 bridgehead atoms. The van der Waals surface area contributed by atoms with Crippen molar-refractivity contribution in [1.82, 2.24) is 20.0 Å². The first-order valence-corrected chi connectivity index (χ1v) is 8.09. The Balaban J connectivity index is 1.76. The average Bonchev–Trinajstić information content (AvgIpc) is 3.17. The molecule has 0 aromatic carbocycles. The van der Waals surface area contributed by atoms with Crippen molar-refractivity contribution in [2.45, 2.75) is 31.1 Å². The lowest BCUT2D eigenvalue weighted by Crippen LogP contribution is -2.50. The van der Waals surface area contributed by atoms with Crippen LogP contribution in [0.25, 0.3) is 0 Å². The molecule has 6 nitrogen and oxygen atoms in total. The molecule has 3 rings (SSSR count). The average molecular weight is 367 g/mol. The summed E-state index contributed by atoms with van der Waals surface area (Å²) < 4.78 is 44.9. The molecule has 2 fully saturated rings. The normalized spacial score (nSPS) is 25.4. The summed E-state index contributed by atoms with van der Waals surface area (Å²) in [5, 5.41) is 5.40. The van der Waals surface area contributed by atoms with Crippen LogP contribution in [0.3, 0.4) is 0 Å². The summed E-state index contributed by atoms with van der Waals surface area (Å²) in [6.45, 7) is 2.70. The van der Waals surface area contributed by atoms with Gasteiger partial charge in [0.2, 0.25) is 0 Å². The number of ether oxygens (including phenoxy) is 1. The minimum Gasteiger partial charge on any atom is -0.378 e. The van der Waals surface area contributed by atoms with Crippen molar-refractivity contribution in [3.05, 3.63) is 16.4 Å². The van der Waals surface area contributed by atoms with Crippen molar-refractivity contribution in [2.75, 3.05) is 26.3 Å². The van der Waals surface area contributed by atoms with E-state index in [0.717, 1.165) is 30.6 Å². The monoisotopic (exact) mass is 366 g/mol. The van der Waals surface area contributed by atoms with Gasteiger partial charge in [-0.05, 0) is 25.9 Å². The lowest BCUT2D eigenvalue weighted by atomic mass is 10.1. The van der Waals surface area contributed by atoms with Crippen LogP contribution in [0.4, 0.5) is 13.2 Å². The number of amides is 1. The van der Waals surface area contributed by atoms with Crippen molar-refractivity contribution in [2.24, 2.45) is 7.05 Å². The molecule has 2 aliphatic heterocycles. The molecule has 0 radical (unpaired) electrons. The van der Waals surface area contributed by atoms with Crippen LogP contribution in [0, 0.1) is 0 Å². The first-order chi connectivity index (χ1) is 11.3. The molecule has 134 valence electrons. The molecule has 0 spiro atoms. The Bertz CT molecular complexity index is 628. The Morgan fingerprint density at radius 3 is 2.58 bits per heavy atom. The number of aryl methyl sites for hydroxylation is 1. The number of hydrogen-bond acceptors (Lipinski definition) is 4. The van der Waals surface area contributed by atoms with Gasteiger partial charge in [-0.3, -0.25) is 14.4 Å². The minimum atomic E-state index is -4.71. The maximum Gasteiger partial charge on any atom is 0.436 e. The second kappa shape index (κ2) is 6.53. The van der Waals surface area contributed by atoms with E-state index in [0.29, 0.717) is 13.2 Å². The molecule has 0 aliphatic carbocycles. The van der Waals surface area contributed by atoms with E-state index in [-0.39, 0.29) is 17.8 Å². The van der Waals surface area contributed by atoms with Gasteiger partial charge >= 0.3 is 6.18 Å². The predicted octanol–water partition coefficient (Wildman–Crippen LogP) is 1.69. The highest BCUT2D eigenvalue weighted by Crippen LogP contribution is 2.35. The van der Waals surface area contributed by atoms with Crippen LogP contribution in [0.2, 0.25) is 5.02 Å². The molecule has 2 aliphatic rings. The van der Waals surface area contributed by atoms with E-state index in [9.17, 15) is 18.0 Å². The number of nitrogens with one attached hydrogen (secondary N) is 1. The maximum atomic E-state index is 12.9. The van der Waals surface area contributed by atoms with Crippen LogP contribution in [0.5, 0.6) is 0 Å². The third-order valence-corrected chi connectivity index (χ3v) is 4.81. The molecule has 10 heteroatoms. The van der Waals surface area contributed by atoms with E-state index >= 15 is 0 Å². The van der Waals surface area contributed by atoms with Crippen molar-refractivity contribution in [3.63, 3.8) is 0 Å². The van der Waals surface area contributed by atoms with E-state index in [2.05, 4.69) is 15.3 Å². The van der Waals surface area contributed by atoms with Gasteiger partial charge in [0.15, 0.2) is 5.69 Å². The van der Waals surface area contributed by atoms with Gasteiger partial charge in [-0.1, -0.05) is 11.6 Å². The lowest BCUT2D eigenvalue weighted by molar-refractivity contribution is -0.141. The molecule has 1 aromatic rings. The van der Waals surface area contributed by atoms with Gasteiger partial charge in [-0.2, -0.15) is 18.3 Å². The van der Waals surface area contributed by atoms with Crippen LogP contribution in [-0.2, 0) is 18.0 Å². The fourth-order valence-corrected chi connectivity index (χ4v) is 3.63. The topological polar surface area (TPSA) is 59.4 Å². The van der Waals surface area contributed by atoms with E-state index < -0.39 is 22.8 Å². The summed E-state index contributed by atoms with van der Waals surface area (Å²) in [6.07, 6.45) is -2.51. The Morgan fingerprint density at radius 1 is 1.33 bits per heavy atom. The molecule has 1 amide bonds. The first kappa shape index (κ1) is 17.5. The van der Waals surface area contributed by atoms with Crippen LogP contribution in [0.1, 0.15) is 29.0 Å². The highest BCUT2D eigenvalue weighted by Gasteiger charge is 2.41. The Kier molecular flexibility index (Phi) is 4.76. The van der Waals surface area contributed by atoms with Crippen molar-refractivity contribution in [3.8, 4) is 0 Å². The number of nitrogens with zero attached hydrogens (tertiary/aromatic N) is 3. The van der Waals surface area contributed by atoms with Crippen LogP contribution in [0.15, 0.2) is 0 Å². The fourth-order valence-electron chi connectivity index (χ4n) is 3.28. The number of aromatic nitrogens is 2. The molecular weight excluding hydrogens is 349 g/mol. The van der Waals surface area contributed by atoms with E-state index in [1.807, 2.05) is 0 Å². The predicted molar refractivity (Wildman–Crippen MR) is 79.9 cm³/mol. The van der Waals surface area contributed by atoms with Gasteiger partial charge in [-0.25, -0.2) is 0 Å². The van der Waals surface area contributed by atoms with Crippen molar-refractivity contribution in [1.29, 1.82) is 0 Å². The zero-order chi connectivity index (χ0) is 17.5. The summed E-state index contributed by atoms with van der Waals surface area (Å²) in [5.74, 6) is -0.676. The number of likely N-dealkylation sites (tertiary alicyclic amines) is 1. The van der Waals surface area contributed by atoms with Crippen LogP contribution < -0.4 is 5.32 Å². The van der Waals surface area contributed by atoms with Crippen LogP contribution >= 0.6 is 11.6 Å². The molecule has 0 saturated carbocycles. The fraction of sp³-hybridized carbons (Fsp3) is 0.714. The molecule has 3 heterocycles. The molecule has 2 atom stereocenters. The van der Waals surface area contributed by atoms with Crippen molar-refractivity contribution >= 4 is 17.5 Å². The highest BCUT2D eigenvalue weighted by atomic mass is 35.5. The highest BCUT2D eigenvalue weighted by molar-refractivity contribution is 6.34. The quantitative estimate of drug-likeness (QED) is 0.884. The number of hydrogen-bond donors (Lipinski definition) is 1. The summed E-state index contributed by atoms with van der Waals surface area (Å²) in [6, 6.07) is -0.249. The largest absolute Gasteiger partial charge is 0.436 e. The summed E-state index contributed by atoms with van der Waals surface area (Å²) in [5.41, 5.74) is -1.55. The van der Waals surface area contributed by atoms with Crippen LogP contribution in [-0.4, -0.2) is 59.0 Å². The molecule has 0 unspecified atom stereocenters. The third kappa shape index (κ3) is 3.25. The number of rotatable bonds is 3. The zero-order valence-corrected chi connectivity index (χ0v) is 13.8. The summed E-state index contributed by atoms with van der Waals surface area (Å²) >= 11 is 5.75. The number of alkyl halides is 3. The maximum absolute atomic E-state index is 12.9. The van der Waals surface area contributed by atoms with E-state index in [1.54, 1.807) is 0 Å². The molecular formula is C14H18ClF3N4O2. The van der Waals surface area contributed by atoms with Gasteiger partial charge in [0, 0.05) is 7.05 Å². The Morgan fingerprint density at radius 2 is 2.00 bits per heavy atom. The third-order valence-electron chi connectivity index (χ3n) is 4.45. The SMILES string of the molecule is Cn1nc(C(F)(F)F)c(Cl)c1C(=O)N[C@H]1COC[C@@H]1N1CCCC1. The second-order valence-corrected chi connectivity index (χ2v) is 6.44. The van der Waals surface area contributed by atoms with E-state index in [4.69, 9.17) is 16.3 Å². The number of halogens is 4. The second-order valence-electron chi connectivity index (χ2n) is 6.06. The van der Waals surface area contributed by atoms with Gasteiger partial charge in [-0.15, -0.1) is 0 Å². The number of carbonyl (C=O) groups is 1. The first-order valence-electron chi connectivity index (χ1n) is 7.71. The number of carbonyl (C=O) groups excluding carboxylic acids is 1. The summed E-state index contributed by atoms with van der Waals surface area (Å²) in [4.78, 5) is 14.7. The molecule has 1 aromatic heterocycles. The molecule has 2 saturated heterocycles. The standard InChI is InChI=1S/C14H18ClF3N4O2/c1-21-11(10(15)12(20-21)14(16,17)18)13(23)19-8-6-24-7-9(8)22-4-2-3-5-22/h8-9H,2-7H2,1H3,(H,19,23)/t8-,9-/m0/s1. The van der Waals surface area contributed by atoms with Gasteiger partial charge < -0.3 is 10.1 Å². The molecule has 1 N–H and O–H groups in total. The van der Waals surface area contributed by atoms with E-state index in [1.165, 1.54) is 7.05 Å². The lowest BCUT2D eigenvalue weighted by Gasteiger charge is -2.27. The Labute approximate surface area is 141 Å². The summed E-state index contributed by atoms with van der Waals surface area (Å²) in [7, 11) is 1.26. The van der Waals surface area contributed by atoms with Gasteiger partial charge in [0.05, 0.1) is 25.3 Å². The van der Waals surface area contributed by atoms with Gasteiger partial charge in [0.1, 0.15) is 10.7 Å². The Hall–Kier alpha value is -1.32.